The van der Waals surface area contributed by atoms with Crippen molar-refractivity contribution < 1.29 is 5.11 Å². The summed E-state index contributed by atoms with van der Waals surface area (Å²) in [5.41, 5.74) is 1.97. The SMILES string of the molecule is CC(C)N1c2c(O)cccc2NCC1C. The minimum Gasteiger partial charge on any atom is -0.506 e. The minimum atomic E-state index is 0.361. The number of phenolic OH excluding ortho intramolecular Hbond substituents is 1. The standard InChI is InChI=1S/C12H18N2O/c1-8(2)14-9(3)7-13-10-5-4-6-11(15)12(10)14/h4-6,8-9,13,15H,7H2,1-3H3. The summed E-state index contributed by atoms with van der Waals surface area (Å²) in [5.74, 6) is 0.361. The molecule has 15 heavy (non-hydrogen) atoms. The number of anilines is 2. The molecule has 1 aromatic rings. The van der Waals surface area contributed by atoms with Crippen molar-refractivity contribution in [2.45, 2.75) is 32.9 Å². The number of nitrogens with one attached hydrogen (secondary N) is 1. The maximum absolute atomic E-state index is 9.91. The Hall–Kier alpha value is -1.38. The highest BCUT2D eigenvalue weighted by molar-refractivity contribution is 5.78. The third-order valence-electron chi connectivity index (χ3n) is 2.89. The maximum atomic E-state index is 9.91. The van der Waals surface area contributed by atoms with Crippen molar-refractivity contribution in [2.24, 2.45) is 0 Å². The number of nitrogens with zero attached hydrogens (tertiary/aromatic N) is 1. The second-order valence-electron chi connectivity index (χ2n) is 4.40. The number of benzene rings is 1. The van der Waals surface area contributed by atoms with Crippen LogP contribution in [0.15, 0.2) is 18.2 Å². The second kappa shape index (κ2) is 3.65. The molecule has 1 aliphatic heterocycles. The number of hydrogen-bond acceptors (Lipinski definition) is 3. The first-order valence-corrected chi connectivity index (χ1v) is 5.45. The summed E-state index contributed by atoms with van der Waals surface area (Å²) in [6.45, 7) is 7.40. The third kappa shape index (κ3) is 1.62. The largest absolute Gasteiger partial charge is 0.506 e. The smallest absolute Gasteiger partial charge is 0.141 e. The summed E-state index contributed by atoms with van der Waals surface area (Å²) in [4.78, 5) is 2.27. The van der Waals surface area contributed by atoms with Crippen molar-refractivity contribution in [3.05, 3.63) is 18.2 Å². The number of aromatic hydroxyl groups is 1. The molecule has 3 nitrogen and oxygen atoms in total. The summed E-state index contributed by atoms with van der Waals surface area (Å²) in [6, 6.07) is 6.43. The molecule has 0 radical (unpaired) electrons. The Bertz CT molecular complexity index is 363. The van der Waals surface area contributed by atoms with Gasteiger partial charge in [0.1, 0.15) is 11.4 Å². The van der Waals surface area contributed by atoms with Crippen molar-refractivity contribution in [3.63, 3.8) is 0 Å². The van der Waals surface area contributed by atoms with Gasteiger partial charge < -0.3 is 15.3 Å². The molecule has 1 unspecified atom stereocenters. The fourth-order valence-electron chi connectivity index (χ4n) is 2.29. The van der Waals surface area contributed by atoms with Gasteiger partial charge in [-0.1, -0.05) is 6.07 Å². The van der Waals surface area contributed by atoms with Crippen LogP contribution in [0.5, 0.6) is 5.75 Å². The van der Waals surface area contributed by atoms with Crippen LogP contribution in [0.2, 0.25) is 0 Å². The number of rotatable bonds is 1. The predicted octanol–water partition coefficient (Wildman–Crippen LogP) is 2.42. The molecule has 0 aliphatic carbocycles. The van der Waals surface area contributed by atoms with E-state index in [1.165, 1.54) is 0 Å². The van der Waals surface area contributed by atoms with Gasteiger partial charge in [0.25, 0.3) is 0 Å². The zero-order valence-corrected chi connectivity index (χ0v) is 9.49. The van der Waals surface area contributed by atoms with E-state index in [4.69, 9.17) is 0 Å². The molecule has 2 N–H and O–H groups in total. The molecule has 82 valence electrons. The molecule has 1 aliphatic rings. The van der Waals surface area contributed by atoms with Gasteiger partial charge in [0.05, 0.1) is 5.69 Å². The van der Waals surface area contributed by atoms with Gasteiger partial charge in [-0.05, 0) is 32.9 Å². The zero-order chi connectivity index (χ0) is 11.0. The number of fused-ring (bicyclic) bond motifs is 1. The Morgan fingerprint density at radius 2 is 2.20 bits per heavy atom. The van der Waals surface area contributed by atoms with E-state index < -0.39 is 0 Å². The fourth-order valence-corrected chi connectivity index (χ4v) is 2.29. The zero-order valence-electron chi connectivity index (χ0n) is 9.49. The molecule has 0 bridgehead atoms. The molecular formula is C12H18N2O. The molecule has 0 aromatic heterocycles. The van der Waals surface area contributed by atoms with Gasteiger partial charge in [0.15, 0.2) is 0 Å². The summed E-state index contributed by atoms with van der Waals surface area (Å²) >= 11 is 0. The highest BCUT2D eigenvalue weighted by Gasteiger charge is 2.27. The molecular weight excluding hydrogens is 188 g/mol. The lowest BCUT2D eigenvalue weighted by Crippen LogP contribution is -2.46. The summed E-state index contributed by atoms with van der Waals surface area (Å²) in [6.07, 6.45) is 0. The van der Waals surface area contributed by atoms with Gasteiger partial charge in [-0.2, -0.15) is 0 Å². The van der Waals surface area contributed by atoms with Crippen LogP contribution in [0.1, 0.15) is 20.8 Å². The molecule has 0 saturated carbocycles. The van der Waals surface area contributed by atoms with Gasteiger partial charge >= 0.3 is 0 Å². The van der Waals surface area contributed by atoms with E-state index in [2.05, 4.69) is 31.0 Å². The van der Waals surface area contributed by atoms with Crippen LogP contribution in [-0.4, -0.2) is 23.7 Å². The molecule has 2 rings (SSSR count). The van der Waals surface area contributed by atoms with E-state index in [0.29, 0.717) is 17.8 Å². The first-order chi connectivity index (χ1) is 7.11. The van der Waals surface area contributed by atoms with Gasteiger partial charge in [0, 0.05) is 18.6 Å². The Morgan fingerprint density at radius 1 is 1.47 bits per heavy atom. The van der Waals surface area contributed by atoms with E-state index in [1.54, 1.807) is 6.07 Å². The minimum absolute atomic E-state index is 0.361. The van der Waals surface area contributed by atoms with E-state index in [-0.39, 0.29) is 0 Å². The van der Waals surface area contributed by atoms with Crippen molar-refractivity contribution >= 4 is 11.4 Å². The van der Waals surface area contributed by atoms with Gasteiger partial charge in [-0.3, -0.25) is 0 Å². The van der Waals surface area contributed by atoms with Crippen molar-refractivity contribution in [1.29, 1.82) is 0 Å². The van der Waals surface area contributed by atoms with E-state index in [0.717, 1.165) is 17.9 Å². The van der Waals surface area contributed by atoms with Crippen LogP contribution in [0.4, 0.5) is 11.4 Å². The quantitative estimate of drug-likeness (QED) is 0.740. The molecule has 0 spiro atoms. The second-order valence-corrected chi connectivity index (χ2v) is 4.40. The van der Waals surface area contributed by atoms with Crippen LogP contribution >= 0.6 is 0 Å². The topological polar surface area (TPSA) is 35.5 Å². The molecule has 0 fully saturated rings. The number of hydrogen-bond donors (Lipinski definition) is 2. The van der Waals surface area contributed by atoms with Crippen LogP contribution in [0.25, 0.3) is 0 Å². The normalized spacial score (nSPS) is 20.0. The average molecular weight is 206 g/mol. The molecule has 0 amide bonds. The lowest BCUT2D eigenvalue weighted by atomic mass is 10.1. The third-order valence-corrected chi connectivity index (χ3v) is 2.89. The van der Waals surface area contributed by atoms with E-state index in [9.17, 15) is 5.11 Å². The van der Waals surface area contributed by atoms with Crippen LogP contribution in [0.3, 0.4) is 0 Å². The Kier molecular flexibility index (Phi) is 2.47. The van der Waals surface area contributed by atoms with Gasteiger partial charge in [0.2, 0.25) is 0 Å². The maximum Gasteiger partial charge on any atom is 0.141 e. The predicted molar refractivity (Wildman–Crippen MR) is 63.7 cm³/mol. The highest BCUT2D eigenvalue weighted by atomic mass is 16.3. The van der Waals surface area contributed by atoms with Crippen molar-refractivity contribution in [3.8, 4) is 5.75 Å². The van der Waals surface area contributed by atoms with Gasteiger partial charge in [-0.15, -0.1) is 0 Å². The summed E-state index contributed by atoms with van der Waals surface area (Å²) < 4.78 is 0. The summed E-state index contributed by atoms with van der Waals surface area (Å²) in [5, 5.41) is 13.2. The fraction of sp³-hybridized carbons (Fsp3) is 0.500. The average Bonchev–Trinajstić information content (AvgIpc) is 2.18. The Labute approximate surface area is 90.7 Å². The van der Waals surface area contributed by atoms with E-state index >= 15 is 0 Å². The Morgan fingerprint density at radius 3 is 2.87 bits per heavy atom. The van der Waals surface area contributed by atoms with Crippen LogP contribution in [-0.2, 0) is 0 Å². The van der Waals surface area contributed by atoms with Gasteiger partial charge in [-0.25, -0.2) is 0 Å². The van der Waals surface area contributed by atoms with Crippen LogP contribution in [0, 0.1) is 0 Å². The molecule has 0 saturated heterocycles. The lowest BCUT2D eigenvalue weighted by molar-refractivity contribution is 0.465. The highest BCUT2D eigenvalue weighted by Crippen LogP contribution is 2.39. The van der Waals surface area contributed by atoms with E-state index in [1.807, 2.05) is 12.1 Å². The van der Waals surface area contributed by atoms with Crippen molar-refractivity contribution in [2.75, 3.05) is 16.8 Å². The summed E-state index contributed by atoms with van der Waals surface area (Å²) in [7, 11) is 0. The van der Waals surface area contributed by atoms with Crippen LogP contribution < -0.4 is 10.2 Å². The first-order valence-electron chi connectivity index (χ1n) is 5.45. The first kappa shape index (κ1) is 10.1. The lowest BCUT2D eigenvalue weighted by Gasteiger charge is -2.40. The molecule has 1 heterocycles. The monoisotopic (exact) mass is 206 g/mol. The molecule has 3 heteroatoms. The molecule has 1 aromatic carbocycles. The Balaban J connectivity index is 2.51. The number of para-hydroxylation sites is 1. The molecule has 1 atom stereocenters. The van der Waals surface area contributed by atoms with Crippen molar-refractivity contribution in [1.82, 2.24) is 0 Å². The number of phenols is 1.